The summed E-state index contributed by atoms with van der Waals surface area (Å²) in [5.74, 6) is -1.73. The van der Waals surface area contributed by atoms with Crippen molar-refractivity contribution >= 4 is 33.5 Å². The molecule has 1 aromatic carbocycles. The molecule has 2 heterocycles. The Morgan fingerprint density at radius 2 is 2.07 bits per heavy atom. The first-order valence-electron chi connectivity index (χ1n) is 8.54. The highest BCUT2D eigenvalue weighted by molar-refractivity contribution is 7.18. The van der Waals surface area contributed by atoms with Crippen LogP contribution in [0, 0.1) is 23.2 Å². The van der Waals surface area contributed by atoms with Crippen molar-refractivity contribution < 1.29 is 9.90 Å². The van der Waals surface area contributed by atoms with Crippen molar-refractivity contribution in [3.8, 4) is 6.07 Å². The second kappa shape index (κ2) is 8.10. The summed E-state index contributed by atoms with van der Waals surface area (Å²) in [6, 6.07) is 11.7. The van der Waals surface area contributed by atoms with Gasteiger partial charge in [-0.15, -0.1) is 11.3 Å². The number of carboxylic acids is 1. The van der Waals surface area contributed by atoms with Gasteiger partial charge in [-0.25, -0.2) is 15.0 Å². The minimum Gasteiger partial charge on any atom is -0.481 e. The van der Waals surface area contributed by atoms with Crippen LogP contribution in [0.5, 0.6) is 0 Å². The predicted molar refractivity (Wildman–Crippen MR) is 104 cm³/mol. The van der Waals surface area contributed by atoms with E-state index in [1.54, 1.807) is 12.3 Å². The first kappa shape index (κ1) is 18.7. The number of nitrogens with zero attached hydrogens (tertiary/aromatic N) is 4. The maximum atomic E-state index is 11.3. The standard InChI is InChI=1S/C19H19N5O2S/c1-11(2)13(18(25)26)10-22-19-21-8-7-14(24-19)12(9-20)17-23-15-5-3-4-6-16(15)27-17/h3-8,11-13H,10H2,1-2H3,(H,25,26)(H,21,22,24). The van der Waals surface area contributed by atoms with Crippen LogP contribution in [0.25, 0.3) is 10.2 Å². The van der Waals surface area contributed by atoms with E-state index >= 15 is 0 Å². The molecule has 2 unspecified atom stereocenters. The van der Waals surface area contributed by atoms with Crippen LogP contribution in [0.2, 0.25) is 0 Å². The van der Waals surface area contributed by atoms with Crippen molar-refractivity contribution in [2.45, 2.75) is 19.8 Å². The molecule has 0 aliphatic carbocycles. The van der Waals surface area contributed by atoms with E-state index in [0.717, 1.165) is 10.2 Å². The highest BCUT2D eigenvalue weighted by Gasteiger charge is 2.23. The summed E-state index contributed by atoms with van der Waals surface area (Å²) in [6.45, 7) is 3.93. The Hall–Kier alpha value is -3.05. The Morgan fingerprint density at radius 3 is 2.74 bits per heavy atom. The highest BCUT2D eigenvalue weighted by Crippen LogP contribution is 2.30. The predicted octanol–water partition coefficient (Wildman–Crippen LogP) is 3.51. The lowest BCUT2D eigenvalue weighted by Gasteiger charge is -2.17. The van der Waals surface area contributed by atoms with Gasteiger partial charge in [0.05, 0.1) is 27.9 Å². The summed E-state index contributed by atoms with van der Waals surface area (Å²) < 4.78 is 1.02. The van der Waals surface area contributed by atoms with E-state index in [1.165, 1.54) is 11.3 Å². The van der Waals surface area contributed by atoms with Gasteiger partial charge in [0.1, 0.15) is 10.9 Å². The van der Waals surface area contributed by atoms with Gasteiger partial charge in [-0.1, -0.05) is 26.0 Å². The number of nitrogens with one attached hydrogen (secondary N) is 1. The highest BCUT2D eigenvalue weighted by atomic mass is 32.1. The van der Waals surface area contributed by atoms with E-state index in [-0.39, 0.29) is 12.5 Å². The van der Waals surface area contributed by atoms with Gasteiger partial charge in [-0.2, -0.15) is 5.26 Å². The number of aromatic nitrogens is 3. The van der Waals surface area contributed by atoms with Crippen LogP contribution in [0.15, 0.2) is 36.5 Å². The van der Waals surface area contributed by atoms with E-state index in [0.29, 0.717) is 16.6 Å². The first-order chi connectivity index (χ1) is 13.0. The zero-order valence-corrected chi connectivity index (χ0v) is 15.8. The average Bonchev–Trinajstić information content (AvgIpc) is 3.06. The number of anilines is 1. The summed E-state index contributed by atoms with van der Waals surface area (Å²) in [5, 5.41) is 22.6. The molecule has 138 valence electrons. The Kier molecular flexibility index (Phi) is 5.62. The van der Waals surface area contributed by atoms with Crippen LogP contribution in [-0.4, -0.2) is 32.6 Å². The minimum absolute atomic E-state index is 0.0206. The molecule has 0 saturated heterocycles. The molecule has 3 aromatic rings. The van der Waals surface area contributed by atoms with E-state index in [1.807, 2.05) is 38.1 Å². The number of carboxylic acid groups (broad SMARTS) is 1. The molecule has 0 radical (unpaired) electrons. The SMILES string of the molecule is CC(C)C(CNc1nccc(C(C#N)c2nc3ccccc3s2)n1)C(=O)O. The van der Waals surface area contributed by atoms with Crippen LogP contribution >= 0.6 is 11.3 Å². The number of rotatable bonds is 7. The van der Waals surface area contributed by atoms with E-state index in [9.17, 15) is 15.2 Å². The molecule has 0 bridgehead atoms. The van der Waals surface area contributed by atoms with Crippen molar-refractivity contribution in [2.75, 3.05) is 11.9 Å². The lowest BCUT2D eigenvalue weighted by atomic mass is 9.96. The normalized spacial score (nSPS) is 13.3. The molecule has 2 atom stereocenters. The number of nitriles is 1. The summed E-state index contributed by atoms with van der Waals surface area (Å²) in [4.78, 5) is 24.4. The number of benzene rings is 1. The fourth-order valence-corrected chi connectivity index (χ4v) is 3.71. The molecule has 27 heavy (non-hydrogen) atoms. The number of fused-ring (bicyclic) bond motifs is 1. The fraction of sp³-hybridized carbons (Fsp3) is 0.316. The van der Waals surface area contributed by atoms with Gasteiger partial charge in [0.15, 0.2) is 0 Å². The van der Waals surface area contributed by atoms with Gasteiger partial charge in [-0.3, -0.25) is 4.79 Å². The Morgan fingerprint density at radius 1 is 1.30 bits per heavy atom. The molecule has 2 N–H and O–H groups in total. The third-order valence-electron chi connectivity index (χ3n) is 4.26. The average molecular weight is 381 g/mol. The molecule has 3 rings (SSSR count). The van der Waals surface area contributed by atoms with Crippen molar-refractivity contribution in [1.82, 2.24) is 15.0 Å². The monoisotopic (exact) mass is 381 g/mol. The lowest BCUT2D eigenvalue weighted by molar-refractivity contribution is -0.142. The molecule has 7 nitrogen and oxygen atoms in total. The second-order valence-corrected chi connectivity index (χ2v) is 7.52. The smallest absolute Gasteiger partial charge is 0.308 e. The lowest BCUT2D eigenvalue weighted by Crippen LogP contribution is -2.28. The Labute approximate surface area is 160 Å². The van der Waals surface area contributed by atoms with Crippen LogP contribution < -0.4 is 5.32 Å². The molecule has 0 aliphatic rings. The number of carbonyl (C=O) groups is 1. The molecule has 0 spiro atoms. The van der Waals surface area contributed by atoms with Crippen LogP contribution in [0.3, 0.4) is 0 Å². The summed E-state index contributed by atoms with van der Waals surface area (Å²) in [6.07, 6.45) is 1.56. The number of hydrogen-bond acceptors (Lipinski definition) is 7. The van der Waals surface area contributed by atoms with E-state index in [4.69, 9.17) is 0 Å². The fourth-order valence-electron chi connectivity index (χ4n) is 2.69. The molecule has 8 heteroatoms. The third-order valence-corrected chi connectivity index (χ3v) is 5.36. The molecule has 2 aromatic heterocycles. The quantitative estimate of drug-likeness (QED) is 0.644. The number of thiazole rings is 1. The molecule has 0 fully saturated rings. The van der Waals surface area contributed by atoms with E-state index in [2.05, 4.69) is 26.3 Å². The van der Waals surface area contributed by atoms with Crippen molar-refractivity contribution in [3.05, 3.63) is 47.2 Å². The maximum Gasteiger partial charge on any atom is 0.308 e. The van der Waals surface area contributed by atoms with Gasteiger partial charge >= 0.3 is 5.97 Å². The van der Waals surface area contributed by atoms with Gasteiger partial charge in [0, 0.05) is 12.7 Å². The molecule has 0 amide bonds. The van der Waals surface area contributed by atoms with Gasteiger partial charge in [0.25, 0.3) is 0 Å². The third kappa shape index (κ3) is 4.20. The van der Waals surface area contributed by atoms with Crippen LogP contribution in [0.1, 0.15) is 30.5 Å². The van der Waals surface area contributed by atoms with Crippen molar-refractivity contribution in [1.29, 1.82) is 5.26 Å². The summed E-state index contributed by atoms with van der Waals surface area (Å²) in [7, 11) is 0. The molecule has 0 aliphatic heterocycles. The van der Waals surface area contributed by atoms with Crippen molar-refractivity contribution in [2.24, 2.45) is 11.8 Å². The number of aliphatic carboxylic acids is 1. The van der Waals surface area contributed by atoms with E-state index < -0.39 is 17.8 Å². The topological polar surface area (TPSA) is 112 Å². The molecular weight excluding hydrogens is 362 g/mol. The van der Waals surface area contributed by atoms with Crippen LogP contribution in [-0.2, 0) is 4.79 Å². The number of hydrogen-bond donors (Lipinski definition) is 2. The van der Waals surface area contributed by atoms with Crippen molar-refractivity contribution in [3.63, 3.8) is 0 Å². The minimum atomic E-state index is -0.863. The summed E-state index contributed by atoms with van der Waals surface area (Å²) in [5.41, 5.74) is 1.39. The largest absolute Gasteiger partial charge is 0.481 e. The molecular formula is C19H19N5O2S. The van der Waals surface area contributed by atoms with Gasteiger partial charge < -0.3 is 10.4 Å². The van der Waals surface area contributed by atoms with Gasteiger partial charge in [-0.05, 0) is 24.1 Å². The first-order valence-corrected chi connectivity index (χ1v) is 9.36. The second-order valence-electron chi connectivity index (χ2n) is 6.46. The Balaban J connectivity index is 1.83. The number of para-hydroxylation sites is 1. The van der Waals surface area contributed by atoms with Crippen LogP contribution in [0.4, 0.5) is 5.95 Å². The zero-order chi connectivity index (χ0) is 19.4. The van der Waals surface area contributed by atoms with Gasteiger partial charge in [0.2, 0.25) is 5.95 Å². The Bertz CT molecular complexity index is 962. The summed E-state index contributed by atoms with van der Waals surface area (Å²) >= 11 is 1.46. The zero-order valence-electron chi connectivity index (χ0n) is 15.0. The maximum absolute atomic E-state index is 11.3. The molecule has 0 saturated carbocycles.